The van der Waals surface area contributed by atoms with Crippen LogP contribution in [-0.4, -0.2) is 55.0 Å². The molecule has 2 N–H and O–H groups in total. The van der Waals surface area contributed by atoms with E-state index in [1.54, 1.807) is 0 Å². The number of hydrogen-bond donors (Lipinski definition) is 1. The van der Waals surface area contributed by atoms with Crippen molar-refractivity contribution in [3.8, 4) is 0 Å². The minimum absolute atomic E-state index is 0.0298. The maximum Gasteiger partial charge on any atom is 0.224 e. The second kappa shape index (κ2) is 5.32. The summed E-state index contributed by atoms with van der Waals surface area (Å²) in [5, 5.41) is 0. The van der Waals surface area contributed by atoms with Gasteiger partial charge in [0, 0.05) is 38.6 Å². The van der Waals surface area contributed by atoms with E-state index in [0.717, 1.165) is 32.6 Å². The molecule has 0 spiro atoms. The number of piperazine rings is 1. The van der Waals surface area contributed by atoms with Crippen molar-refractivity contribution in [3.05, 3.63) is 0 Å². The van der Waals surface area contributed by atoms with Gasteiger partial charge < -0.3 is 15.5 Å². The first-order valence-corrected chi connectivity index (χ1v) is 5.35. The largest absolute Gasteiger partial charge is 0.340 e. The molecule has 14 heavy (non-hydrogen) atoms. The van der Waals surface area contributed by atoms with Crippen LogP contribution < -0.4 is 5.73 Å². The van der Waals surface area contributed by atoms with E-state index < -0.39 is 0 Å². The van der Waals surface area contributed by atoms with Gasteiger partial charge >= 0.3 is 0 Å². The minimum Gasteiger partial charge on any atom is -0.340 e. The number of carbonyl (C=O) groups is 1. The number of nitrogens with two attached hydrogens (primary N) is 1. The molecule has 1 rings (SSSR count). The smallest absolute Gasteiger partial charge is 0.224 e. The number of hydrogen-bond acceptors (Lipinski definition) is 3. The second-order valence-electron chi connectivity index (χ2n) is 4.06. The van der Waals surface area contributed by atoms with Crippen molar-refractivity contribution in [2.75, 3.05) is 33.2 Å². The Hall–Kier alpha value is -0.610. The number of rotatable bonds is 3. The summed E-state index contributed by atoms with van der Waals surface area (Å²) in [6, 6.07) is 0.0298. The van der Waals surface area contributed by atoms with Crippen LogP contribution >= 0.6 is 0 Å². The van der Waals surface area contributed by atoms with E-state index in [-0.39, 0.29) is 11.9 Å². The maximum atomic E-state index is 11.7. The Morgan fingerprint density at radius 1 is 1.36 bits per heavy atom. The van der Waals surface area contributed by atoms with Gasteiger partial charge in [-0.1, -0.05) is 6.92 Å². The molecule has 0 bridgehead atoms. The summed E-state index contributed by atoms with van der Waals surface area (Å²) in [4.78, 5) is 15.9. The summed E-state index contributed by atoms with van der Waals surface area (Å²) in [7, 11) is 2.08. The molecular formula is C10H21N3O. The molecule has 0 aliphatic carbocycles. The summed E-state index contributed by atoms with van der Waals surface area (Å²) >= 11 is 0. The van der Waals surface area contributed by atoms with Gasteiger partial charge in [-0.25, -0.2) is 0 Å². The zero-order valence-corrected chi connectivity index (χ0v) is 9.20. The Balaban J connectivity index is 2.30. The van der Waals surface area contributed by atoms with Gasteiger partial charge in [0.15, 0.2) is 0 Å². The van der Waals surface area contributed by atoms with Crippen LogP contribution in [0.3, 0.4) is 0 Å². The fourth-order valence-corrected chi connectivity index (χ4v) is 1.55. The van der Waals surface area contributed by atoms with Crippen molar-refractivity contribution in [2.45, 2.75) is 25.8 Å². The van der Waals surface area contributed by atoms with Crippen molar-refractivity contribution < 1.29 is 4.79 Å². The molecule has 0 aromatic rings. The minimum atomic E-state index is 0.0298. The van der Waals surface area contributed by atoms with E-state index in [1.165, 1.54) is 0 Å². The lowest BCUT2D eigenvalue weighted by atomic mass is 10.1. The molecule has 1 fully saturated rings. The van der Waals surface area contributed by atoms with E-state index in [9.17, 15) is 4.79 Å². The fourth-order valence-electron chi connectivity index (χ4n) is 1.55. The van der Waals surface area contributed by atoms with E-state index in [1.807, 2.05) is 11.8 Å². The molecule has 82 valence electrons. The average Bonchev–Trinajstić information content (AvgIpc) is 2.18. The van der Waals surface area contributed by atoms with Crippen LogP contribution in [0, 0.1) is 0 Å². The van der Waals surface area contributed by atoms with Crippen LogP contribution in [0.15, 0.2) is 0 Å². The standard InChI is InChI=1S/C10H21N3O/c1-3-9(11)8-10(14)13-6-4-12(2)5-7-13/h9H,3-8,11H2,1-2H3. The molecule has 0 aromatic carbocycles. The van der Waals surface area contributed by atoms with Gasteiger partial charge in [0.1, 0.15) is 0 Å². The molecule has 0 saturated carbocycles. The zero-order valence-electron chi connectivity index (χ0n) is 9.20. The quantitative estimate of drug-likeness (QED) is 0.690. The van der Waals surface area contributed by atoms with Gasteiger partial charge in [-0.2, -0.15) is 0 Å². The van der Waals surface area contributed by atoms with Gasteiger partial charge in [-0.15, -0.1) is 0 Å². The van der Waals surface area contributed by atoms with Crippen LogP contribution in [0.2, 0.25) is 0 Å². The molecule has 1 saturated heterocycles. The molecule has 4 nitrogen and oxygen atoms in total. The lowest BCUT2D eigenvalue weighted by molar-refractivity contribution is -0.133. The molecule has 4 heteroatoms. The molecule has 1 amide bonds. The second-order valence-corrected chi connectivity index (χ2v) is 4.06. The predicted octanol–water partition coefficient (Wildman–Crippen LogP) is -0.112. The Labute approximate surface area is 86.0 Å². The third-order valence-electron chi connectivity index (χ3n) is 2.82. The SMILES string of the molecule is CCC(N)CC(=O)N1CCN(C)CC1. The van der Waals surface area contributed by atoms with E-state index in [2.05, 4.69) is 11.9 Å². The van der Waals surface area contributed by atoms with Crippen molar-refractivity contribution in [1.29, 1.82) is 0 Å². The highest BCUT2D eigenvalue weighted by Gasteiger charge is 2.19. The van der Waals surface area contributed by atoms with E-state index >= 15 is 0 Å². The number of carbonyl (C=O) groups excluding carboxylic acids is 1. The Morgan fingerprint density at radius 3 is 2.43 bits per heavy atom. The van der Waals surface area contributed by atoms with Gasteiger partial charge in [0.2, 0.25) is 5.91 Å². The first-order valence-electron chi connectivity index (χ1n) is 5.35. The topological polar surface area (TPSA) is 49.6 Å². The highest BCUT2D eigenvalue weighted by molar-refractivity contribution is 5.76. The first kappa shape index (κ1) is 11.5. The van der Waals surface area contributed by atoms with Crippen LogP contribution in [0.1, 0.15) is 19.8 Å². The lowest BCUT2D eigenvalue weighted by Crippen LogP contribution is -2.48. The highest BCUT2D eigenvalue weighted by atomic mass is 16.2. The van der Waals surface area contributed by atoms with Crippen molar-refractivity contribution in [1.82, 2.24) is 9.80 Å². The molecule has 1 aliphatic heterocycles. The molecular weight excluding hydrogens is 178 g/mol. The maximum absolute atomic E-state index is 11.7. The van der Waals surface area contributed by atoms with Gasteiger partial charge in [-0.05, 0) is 13.5 Å². The summed E-state index contributed by atoms with van der Waals surface area (Å²) in [6.45, 7) is 5.68. The monoisotopic (exact) mass is 199 g/mol. The van der Waals surface area contributed by atoms with Gasteiger partial charge in [0.05, 0.1) is 0 Å². The number of likely N-dealkylation sites (N-methyl/N-ethyl adjacent to an activating group) is 1. The van der Waals surface area contributed by atoms with Crippen LogP contribution in [0.25, 0.3) is 0 Å². The predicted molar refractivity (Wildman–Crippen MR) is 57.0 cm³/mol. The molecule has 1 heterocycles. The van der Waals surface area contributed by atoms with Crippen molar-refractivity contribution in [2.24, 2.45) is 5.73 Å². The van der Waals surface area contributed by atoms with E-state index in [4.69, 9.17) is 5.73 Å². The lowest BCUT2D eigenvalue weighted by Gasteiger charge is -2.33. The fraction of sp³-hybridized carbons (Fsp3) is 0.900. The Morgan fingerprint density at radius 2 is 1.93 bits per heavy atom. The number of nitrogens with zero attached hydrogens (tertiary/aromatic N) is 2. The normalized spacial score (nSPS) is 20.9. The summed E-state index contributed by atoms with van der Waals surface area (Å²) in [6.07, 6.45) is 1.37. The van der Waals surface area contributed by atoms with E-state index in [0.29, 0.717) is 6.42 Å². The van der Waals surface area contributed by atoms with Crippen LogP contribution in [0.4, 0.5) is 0 Å². The molecule has 0 aromatic heterocycles. The summed E-state index contributed by atoms with van der Waals surface area (Å²) in [5.74, 6) is 0.215. The van der Waals surface area contributed by atoms with Gasteiger partial charge in [-0.3, -0.25) is 4.79 Å². The zero-order chi connectivity index (χ0) is 10.6. The van der Waals surface area contributed by atoms with Crippen LogP contribution in [0.5, 0.6) is 0 Å². The third kappa shape index (κ3) is 3.27. The third-order valence-corrected chi connectivity index (χ3v) is 2.82. The summed E-state index contributed by atoms with van der Waals surface area (Å²) in [5.41, 5.74) is 5.75. The average molecular weight is 199 g/mol. The number of amides is 1. The van der Waals surface area contributed by atoms with Crippen LogP contribution in [-0.2, 0) is 4.79 Å². The molecule has 1 unspecified atom stereocenters. The molecule has 1 atom stereocenters. The molecule has 1 aliphatic rings. The Bertz CT molecular complexity index is 188. The molecule has 0 radical (unpaired) electrons. The van der Waals surface area contributed by atoms with Crippen molar-refractivity contribution >= 4 is 5.91 Å². The Kier molecular flexibility index (Phi) is 4.35. The van der Waals surface area contributed by atoms with Gasteiger partial charge in [0.25, 0.3) is 0 Å². The first-order chi connectivity index (χ1) is 6.63. The highest BCUT2D eigenvalue weighted by Crippen LogP contribution is 2.04. The summed E-state index contributed by atoms with van der Waals surface area (Å²) < 4.78 is 0. The van der Waals surface area contributed by atoms with Crippen molar-refractivity contribution in [3.63, 3.8) is 0 Å².